The number of aryl methyl sites for hydroxylation is 1. The van der Waals surface area contributed by atoms with Gasteiger partial charge in [0.25, 0.3) is 5.91 Å². The third-order valence-corrected chi connectivity index (χ3v) is 4.07. The number of nitrogens with zero attached hydrogens (tertiary/aromatic N) is 4. The van der Waals surface area contributed by atoms with Gasteiger partial charge in [-0.25, -0.2) is 4.39 Å². The standard InChI is InChI=1S/C16H15BrFN5O/c1-2-23-15(13(17)8-20-23)16(24)21-12-7-19-22(10-12)9-11-5-3-4-6-14(11)18/h3-8,10H,2,9H2,1H3,(H,21,24). The number of carbonyl (C=O) groups is 1. The van der Waals surface area contributed by atoms with E-state index in [9.17, 15) is 9.18 Å². The Bertz CT molecular complexity index is 873. The number of anilines is 1. The summed E-state index contributed by atoms with van der Waals surface area (Å²) in [6.07, 6.45) is 4.77. The summed E-state index contributed by atoms with van der Waals surface area (Å²) in [5.41, 5.74) is 1.51. The molecular weight excluding hydrogens is 377 g/mol. The van der Waals surface area contributed by atoms with Crippen LogP contribution in [0.1, 0.15) is 23.0 Å². The zero-order valence-electron chi connectivity index (χ0n) is 12.9. The molecule has 0 aliphatic heterocycles. The molecule has 0 atom stereocenters. The smallest absolute Gasteiger partial charge is 0.275 e. The summed E-state index contributed by atoms with van der Waals surface area (Å²) in [5, 5.41) is 11.0. The number of benzene rings is 1. The number of aromatic nitrogens is 4. The quantitative estimate of drug-likeness (QED) is 0.725. The molecule has 2 aromatic heterocycles. The molecule has 3 aromatic rings. The van der Waals surface area contributed by atoms with Crippen molar-refractivity contribution in [3.05, 3.63) is 64.4 Å². The molecule has 24 heavy (non-hydrogen) atoms. The average Bonchev–Trinajstić information content (AvgIpc) is 3.15. The minimum Gasteiger partial charge on any atom is -0.318 e. The van der Waals surface area contributed by atoms with Gasteiger partial charge in [-0.15, -0.1) is 0 Å². The van der Waals surface area contributed by atoms with Crippen LogP contribution < -0.4 is 5.32 Å². The maximum absolute atomic E-state index is 13.7. The van der Waals surface area contributed by atoms with E-state index in [1.54, 1.807) is 40.0 Å². The second-order valence-electron chi connectivity index (χ2n) is 5.13. The third kappa shape index (κ3) is 3.38. The van der Waals surface area contributed by atoms with Crippen LogP contribution in [0.5, 0.6) is 0 Å². The molecule has 3 rings (SSSR count). The summed E-state index contributed by atoms with van der Waals surface area (Å²) in [5.74, 6) is -0.568. The molecule has 0 aliphatic carbocycles. The highest BCUT2D eigenvalue weighted by molar-refractivity contribution is 9.10. The predicted molar refractivity (Wildman–Crippen MR) is 91.3 cm³/mol. The number of halogens is 2. The monoisotopic (exact) mass is 391 g/mol. The molecule has 0 fully saturated rings. The zero-order chi connectivity index (χ0) is 17.1. The Morgan fingerprint density at radius 2 is 2.08 bits per heavy atom. The van der Waals surface area contributed by atoms with Crippen LogP contribution in [0.4, 0.5) is 10.1 Å². The molecule has 0 saturated carbocycles. The number of carbonyl (C=O) groups excluding carboxylic acids is 1. The number of nitrogens with one attached hydrogen (secondary N) is 1. The van der Waals surface area contributed by atoms with Crippen LogP contribution in [0.25, 0.3) is 0 Å². The maximum atomic E-state index is 13.7. The highest BCUT2D eigenvalue weighted by atomic mass is 79.9. The highest BCUT2D eigenvalue weighted by Gasteiger charge is 2.17. The van der Waals surface area contributed by atoms with Gasteiger partial charge in [0.05, 0.1) is 29.1 Å². The molecule has 0 saturated heterocycles. The summed E-state index contributed by atoms with van der Waals surface area (Å²) in [6, 6.07) is 6.52. The van der Waals surface area contributed by atoms with E-state index in [2.05, 4.69) is 31.4 Å². The molecule has 0 bridgehead atoms. The normalized spacial score (nSPS) is 10.8. The van der Waals surface area contributed by atoms with Gasteiger partial charge in [-0.2, -0.15) is 10.2 Å². The van der Waals surface area contributed by atoms with E-state index in [0.717, 1.165) is 0 Å². The first-order chi connectivity index (χ1) is 11.6. The van der Waals surface area contributed by atoms with Gasteiger partial charge in [0, 0.05) is 18.3 Å². The van der Waals surface area contributed by atoms with E-state index in [-0.39, 0.29) is 11.7 Å². The maximum Gasteiger partial charge on any atom is 0.275 e. The Hall–Kier alpha value is -2.48. The summed E-state index contributed by atoms with van der Waals surface area (Å²) in [4.78, 5) is 12.4. The molecule has 1 aromatic carbocycles. The van der Waals surface area contributed by atoms with Crippen LogP contribution in [0, 0.1) is 5.82 Å². The van der Waals surface area contributed by atoms with Gasteiger partial charge in [0.15, 0.2) is 0 Å². The lowest BCUT2D eigenvalue weighted by Gasteiger charge is -2.06. The fourth-order valence-corrected chi connectivity index (χ4v) is 2.81. The fourth-order valence-electron chi connectivity index (χ4n) is 2.33. The number of hydrogen-bond acceptors (Lipinski definition) is 3. The number of amides is 1. The minimum absolute atomic E-state index is 0.283. The summed E-state index contributed by atoms with van der Waals surface area (Å²) in [6.45, 7) is 2.78. The minimum atomic E-state index is -0.285. The van der Waals surface area contributed by atoms with Crippen molar-refractivity contribution < 1.29 is 9.18 Å². The Labute approximate surface area is 146 Å². The molecule has 0 radical (unpaired) electrons. The molecule has 0 spiro atoms. The second-order valence-corrected chi connectivity index (χ2v) is 5.98. The lowest BCUT2D eigenvalue weighted by Crippen LogP contribution is -2.17. The third-order valence-electron chi connectivity index (χ3n) is 3.49. The Kier molecular flexibility index (Phi) is 4.75. The second kappa shape index (κ2) is 6.96. The first-order valence-corrected chi connectivity index (χ1v) is 8.16. The summed E-state index contributed by atoms with van der Waals surface area (Å²) < 4.78 is 17.5. The van der Waals surface area contributed by atoms with Crippen molar-refractivity contribution in [1.82, 2.24) is 19.6 Å². The molecule has 1 N–H and O–H groups in total. The van der Waals surface area contributed by atoms with E-state index in [1.807, 2.05) is 6.92 Å². The molecule has 0 aliphatic rings. The summed E-state index contributed by atoms with van der Waals surface area (Å²) in [7, 11) is 0. The highest BCUT2D eigenvalue weighted by Crippen LogP contribution is 2.18. The molecule has 8 heteroatoms. The van der Waals surface area contributed by atoms with Gasteiger partial charge in [0.2, 0.25) is 0 Å². The van der Waals surface area contributed by atoms with Gasteiger partial charge in [-0.05, 0) is 28.9 Å². The number of hydrogen-bond donors (Lipinski definition) is 1. The molecule has 0 unspecified atom stereocenters. The van der Waals surface area contributed by atoms with Crippen molar-refractivity contribution in [3.63, 3.8) is 0 Å². The molecular formula is C16H15BrFN5O. The number of rotatable bonds is 5. The first-order valence-electron chi connectivity index (χ1n) is 7.37. The van der Waals surface area contributed by atoms with Crippen molar-refractivity contribution >= 4 is 27.5 Å². The van der Waals surface area contributed by atoms with Gasteiger partial charge < -0.3 is 5.32 Å². The van der Waals surface area contributed by atoms with Crippen LogP contribution in [0.15, 0.2) is 47.3 Å². The fraction of sp³-hybridized carbons (Fsp3) is 0.188. The van der Waals surface area contributed by atoms with Gasteiger partial charge in [-0.1, -0.05) is 18.2 Å². The van der Waals surface area contributed by atoms with E-state index in [1.165, 1.54) is 12.3 Å². The molecule has 2 heterocycles. The van der Waals surface area contributed by atoms with E-state index in [0.29, 0.717) is 34.5 Å². The average molecular weight is 392 g/mol. The Morgan fingerprint density at radius 3 is 2.83 bits per heavy atom. The van der Waals surface area contributed by atoms with Crippen molar-refractivity contribution in [2.45, 2.75) is 20.0 Å². The molecule has 6 nitrogen and oxygen atoms in total. The van der Waals surface area contributed by atoms with Crippen LogP contribution in [0.2, 0.25) is 0 Å². The van der Waals surface area contributed by atoms with Crippen molar-refractivity contribution in [2.24, 2.45) is 0 Å². The van der Waals surface area contributed by atoms with E-state index in [4.69, 9.17) is 0 Å². The lowest BCUT2D eigenvalue weighted by molar-refractivity contribution is 0.101. The van der Waals surface area contributed by atoms with E-state index >= 15 is 0 Å². The first kappa shape index (κ1) is 16.4. The largest absolute Gasteiger partial charge is 0.318 e. The van der Waals surface area contributed by atoms with Gasteiger partial charge in [-0.3, -0.25) is 14.2 Å². The van der Waals surface area contributed by atoms with Crippen LogP contribution >= 0.6 is 15.9 Å². The van der Waals surface area contributed by atoms with Crippen LogP contribution in [-0.2, 0) is 13.1 Å². The summed E-state index contributed by atoms with van der Waals surface area (Å²) >= 11 is 3.32. The van der Waals surface area contributed by atoms with Gasteiger partial charge in [0.1, 0.15) is 11.5 Å². The Balaban J connectivity index is 1.73. The Morgan fingerprint density at radius 1 is 1.29 bits per heavy atom. The van der Waals surface area contributed by atoms with Crippen molar-refractivity contribution in [3.8, 4) is 0 Å². The topological polar surface area (TPSA) is 64.7 Å². The zero-order valence-corrected chi connectivity index (χ0v) is 14.5. The predicted octanol–water partition coefficient (Wildman–Crippen LogP) is 3.30. The SMILES string of the molecule is CCn1ncc(Br)c1C(=O)Nc1cnn(Cc2ccccc2F)c1. The molecule has 1 amide bonds. The van der Waals surface area contributed by atoms with Crippen LogP contribution in [0.3, 0.4) is 0 Å². The van der Waals surface area contributed by atoms with E-state index < -0.39 is 0 Å². The van der Waals surface area contributed by atoms with Crippen LogP contribution in [-0.4, -0.2) is 25.5 Å². The van der Waals surface area contributed by atoms with Gasteiger partial charge >= 0.3 is 0 Å². The lowest BCUT2D eigenvalue weighted by atomic mass is 10.2. The van der Waals surface area contributed by atoms with Crippen molar-refractivity contribution in [2.75, 3.05) is 5.32 Å². The van der Waals surface area contributed by atoms with Crippen molar-refractivity contribution in [1.29, 1.82) is 0 Å². The molecule has 124 valence electrons.